The maximum absolute atomic E-state index is 13.1. The summed E-state index contributed by atoms with van der Waals surface area (Å²) in [5.41, 5.74) is 0.993. The zero-order valence-corrected chi connectivity index (χ0v) is 19.7. The summed E-state index contributed by atoms with van der Waals surface area (Å²) >= 11 is 1.15. The minimum Gasteiger partial charge on any atom is -0.347 e. The molecule has 1 saturated heterocycles. The minimum atomic E-state index is -0.337. The zero-order chi connectivity index (χ0) is 23.7. The van der Waals surface area contributed by atoms with Crippen molar-refractivity contribution in [1.82, 2.24) is 19.8 Å². The monoisotopic (exact) mass is 470 g/mol. The van der Waals surface area contributed by atoms with Gasteiger partial charge in [0.1, 0.15) is 17.2 Å². The number of hydrogen-bond donors (Lipinski definition) is 1. The summed E-state index contributed by atoms with van der Waals surface area (Å²) in [7, 11) is 0. The molecule has 7 nitrogen and oxygen atoms in total. The molecule has 0 saturated carbocycles. The van der Waals surface area contributed by atoms with Gasteiger partial charge in [0.15, 0.2) is 0 Å². The molecule has 0 unspecified atom stereocenters. The molecule has 1 aromatic carbocycles. The molecule has 3 aromatic rings. The maximum Gasteiger partial charge on any atom is 0.262 e. The predicted molar refractivity (Wildman–Crippen MR) is 126 cm³/mol. The molecule has 2 amide bonds. The van der Waals surface area contributed by atoms with E-state index in [-0.39, 0.29) is 36.3 Å². The third-order valence-electron chi connectivity index (χ3n) is 6.02. The molecule has 174 valence electrons. The van der Waals surface area contributed by atoms with E-state index in [0.717, 1.165) is 23.3 Å². The Morgan fingerprint density at radius 2 is 1.85 bits per heavy atom. The molecule has 1 aliphatic heterocycles. The number of fused-ring (bicyclic) bond motifs is 1. The van der Waals surface area contributed by atoms with Crippen molar-refractivity contribution >= 4 is 33.4 Å². The van der Waals surface area contributed by atoms with Crippen LogP contribution >= 0.6 is 11.3 Å². The largest absolute Gasteiger partial charge is 0.347 e. The summed E-state index contributed by atoms with van der Waals surface area (Å²) in [6, 6.07) is 5.89. The van der Waals surface area contributed by atoms with Crippen LogP contribution in [0.3, 0.4) is 0 Å². The van der Waals surface area contributed by atoms with Gasteiger partial charge in [0.2, 0.25) is 5.91 Å². The molecule has 3 heterocycles. The first-order valence-corrected chi connectivity index (χ1v) is 11.8. The van der Waals surface area contributed by atoms with Crippen LogP contribution in [0.15, 0.2) is 35.4 Å². The zero-order valence-electron chi connectivity index (χ0n) is 18.9. The van der Waals surface area contributed by atoms with Crippen molar-refractivity contribution in [1.29, 1.82) is 0 Å². The van der Waals surface area contributed by atoms with Gasteiger partial charge >= 0.3 is 0 Å². The molecule has 1 aliphatic rings. The van der Waals surface area contributed by atoms with Crippen LogP contribution in [0, 0.1) is 24.6 Å². The van der Waals surface area contributed by atoms with Gasteiger partial charge in [0.05, 0.1) is 16.6 Å². The number of aryl methyl sites for hydroxylation is 1. The molecular formula is C24H27FN4O3S. The van der Waals surface area contributed by atoms with Gasteiger partial charge in [-0.3, -0.25) is 19.0 Å². The lowest BCUT2D eigenvalue weighted by Gasteiger charge is -2.35. The highest BCUT2D eigenvalue weighted by atomic mass is 32.1. The fourth-order valence-electron chi connectivity index (χ4n) is 4.47. The van der Waals surface area contributed by atoms with Crippen molar-refractivity contribution < 1.29 is 14.0 Å². The first-order chi connectivity index (χ1) is 15.7. The molecular weight excluding hydrogens is 443 g/mol. The molecule has 0 radical (unpaired) electrons. The van der Waals surface area contributed by atoms with Crippen LogP contribution in [-0.2, 0) is 17.9 Å². The second-order valence-corrected chi connectivity index (χ2v) is 9.97. The van der Waals surface area contributed by atoms with Crippen LogP contribution < -0.4 is 10.9 Å². The normalized spacial score (nSPS) is 18.5. The molecule has 0 spiro atoms. The van der Waals surface area contributed by atoms with E-state index in [1.807, 2.05) is 4.90 Å². The molecule has 9 heteroatoms. The van der Waals surface area contributed by atoms with Crippen molar-refractivity contribution in [3.8, 4) is 0 Å². The van der Waals surface area contributed by atoms with Crippen LogP contribution in [0.2, 0.25) is 0 Å². The second-order valence-electron chi connectivity index (χ2n) is 8.97. The molecule has 2 aromatic heterocycles. The number of nitrogens with one attached hydrogen (secondary N) is 1. The van der Waals surface area contributed by atoms with E-state index in [1.54, 1.807) is 19.1 Å². The first-order valence-electron chi connectivity index (χ1n) is 11.0. The Kier molecular flexibility index (Phi) is 6.60. The van der Waals surface area contributed by atoms with E-state index in [4.69, 9.17) is 0 Å². The van der Waals surface area contributed by atoms with Gasteiger partial charge in [-0.05, 0) is 48.4 Å². The van der Waals surface area contributed by atoms with Crippen LogP contribution in [-0.4, -0.2) is 39.4 Å². The summed E-state index contributed by atoms with van der Waals surface area (Å²) in [6.45, 7) is 7.55. The topological polar surface area (TPSA) is 84.3 Å². The summed E-state index contributed by atoms with van der Waals surface area (Å²) in [6.07, 6.45) is 2.48. The third-order valence-corrected chi connectivity index (χ3v) is 7.22. The van der Waals surface area contributed by atoms with Gasteiger partial charge in [-0.2, -0.15) is 0 Å². The number of halogens is 1. The number of hydrogen-bond acceptors (Lipinski definition) is 5. The maximum atomic E-state index is 13.1. The van der Waals surface area contributed by atoms with E-state index >= 15 is 0 Å². The molecule has 0 bridgehead atoms. The Hall–Kier alpha value is -3.07. The van der Waals surface area contributed by atoms with Crippen LogP contribution in [0.1, 0.15) is 41.1 Å². The Morgan fingerprint density at radius 1 is 1.18 bits per heavy atom. The van der Waals surface area contributed by atoms with Gasteiger partial charge in [-0.25, -0.2) is 9.37 Å². The number of aromatic nitrogens is 2. The predicted octanol–water partition coefficient (Wildman–Crippen LogP) is 3.34. The molecule has 1 N–H and O–H groups in total. The number of nitrogens with zero attached hydrogens (tertiary/aromatic N) is 3. The number of benzene rings is 1. The lowest BCUT2D eigenvalue weighted by Crippen LogP contribution is -2.44. The molecule has 4 rings (SSSR count). The van der Waals surface area contributed by atoms with E-state index in [1.165, 1.54) is 23.0 Å². The lowest BCUT2D eigenvalue weighted by atomic mass is 9.92. The summed E-state index contributed by atoms with van der Waals surface area (Å²) in [4.78, 5) is 45.8. The fraction of sp³-hybridized carbons (Fsp3) is 0.417. The Balaban J connectivity index is 1.52. The molecule has 33 heavy (non-hydrogen) atoms. The molecule has 2 atom stereocenters. The third kappa shape index (κ3) is 4.98. The minimum absolute atomic E-state index is 0.0669. The average molecular weight is 471 g/mol. The van der Waals surface area contributed by atoms with Gasteiger partial charge in [-0.15, -0.1) is 11.3 Å². The number of piperidine rings is 1. The highest BCUT2D eigenvalue weighted by Crippen LogP contribution is 2.27. The number of rotatable bonds is 5. The van der Waals surface area contributed by atoms with Gasteiger partial charge in [0, 0.05) is 19.6 Å². The number of thiophene rings is 1. The Labute approximate surface area is 195 Å². The summed E-state index contributed by atoms with van der Waals surface area (Å²) in [5, 5.41) is 3.17. The number of amides is 2. The average Bonchev–Trinajstić information content (AvgIpc) is 3.11. The Bertz CT molecular complexity index is 1240. The van der Waals surface area contributed by atoms with Gasteiger partial charge < -0.3 is 10.2 Å². The Morgan fingerprint density at radius 3 is 2.52 bits per heavy atom. The number of carbonyl (C=O) groups is 2. The number of likely N-dealkylation sites (tertiary alicyclic amines) is 1. The van der Waals surface area contributed by atoms with Crippen molar-refractivity contribution in [2.75, 3.05) is 13.1 Å². The second kappa shape index (κ2) is 9.43. The van der Waals surface area contributed by atoms with Gasteiger partial charge in [-0.1, -0.05) is 26.0 Å². The highest BCUT2D eigenvalue weighted by molar-refractivity contribution is 7.20. The molecule has 1 fully saturated rings. The van der Waals surface area contributed by atoms with Crippen molar-refractivity contribution in [2.24, 2.45) is 11.8 Å². The first kappa shape index (κ1) is 23.1. The van der Waals surface area contributed by atoms with Crippen LogP contribution in [0.4, 0.5) is 4.39 Å². The van der Waals surface area contributed by atoms with Crippen LogP contribution in [0.25, 0.3) is 10.2 Å². The van der Waals surface area contributed by atoms with Crippen molar-refractivity contribution in [3.05, 3.63) is 62.8 Å². The highest BCUT2D eigenvalue weighted by Gasteiger charge is 2.26. The van der Waals surface area contributed by atoms with Crippen LogP contribution in [0.5, 0.6) is 0 Å². The number of carbonyl (C=O) groups excluding carboxylic acids is 2. The smallest absolute Gasteiger partial charge is 0.262 e. The molecule has 0 aliphatic carbocycles. The summed E-state index contributed by atoms with van der Waals surface area (Å²) in [5.74, 6) is 0.116. The SMILES string of the molecule is Cc1c(C(=O)NCc2ccc(F)cc2)sc2ncn(CC(=O)N3C[C@H](C)C[C@@H](C)C3)c(=O)c12. The van der Waals surface area contributed by atoms with Crippen molar-refractivity contribution in [3.63, 3.8) is 0 Å². The standard InChI is InChI=1S/C24H27FN4O3S/c1-14-8-15(2)11-28(10-14)19(30)12-29-13-27-23-20(24(29)32)16(3)21(33-23)22(31)26-9-17-4-6-18(25)7-5-17/h4-7,13-15H,8-12H2,1-3H3,(H,26,31)/t14-,15-/m1/s1. The van der Waals surface area contributed by atoms with E-state index < -0.39 is 0 Å². The fourth-order valence-corrected chi connectivity index (χ4v) is 5.52. The van der Waals surface area contributed by atoms with E-state index in [9.17, 15) is 18.8 Å². The quantitative estimate of drug-likeness (QED) is 0.620. The lowest BCUT2D eigenvalue weighted by molar-refractivity contribution is -0.134. The summed E-state index contributed by atoms with van der Waals surface area (Å²) < 4.78 is 14.4. The van der Waals surface area contributed by atoms with Gasteiger partial charge in [0.25, 0.3) is 11.5 Å². The van der Waals surface area contributed by atoms with Crippen molar-refractivity contribution in [2.45, 2.75) is 40.3 Å². The van der Waals surface area contributed by atoms with E-state index in [2.05, 4.69) is 24.1 Å². The van der Waals surface area contributed by atoms with E-state index in [0.29, 0.717) is 45.6 Å².